The van der Waals surface area contributed by atoms with Gasteiger partial charge in [-0.1, -0.05) is 29.3 Å². The first-order chi connectivity index (χ1) is 10.3. The maximum atomic E-state index is 12.0. The number of halogens is 2. The Morgan fingerprint density at radius 3 is 2.41 bits per heavy atom. The maximum absolute atomic E-state index is 12.0. The van der Waals surface area contributed by atoms with Crippen molar-refractivity contribution in [1.29, 1.82) is 0 Å². The fourth-order valence-corrected chi connectivity index (χ4v) is 2.14. The molecule has 0 bridgehead atoms. The molecule has 0 saturated carbocycles. The second-order valence-electron chi connectivity index (χ2n) is 5.21. The van der Waals surface area contributed by atoms with Crippen molar-refractivity contribution in [2.75, 3.05) is 39.0 Å². The van der Waals surface area contributed by atoms with Crippen molar-refractivity contribution in [1.82, 2.24) is 9.80 Å². The lowest BCUT2D eigenvalue weighted by molar-refractivity contribution is -0.129. The minimum Gasteiger partial charge on any atom is -0.341 e. The first kappa shape index (κ1) is 18.7. The molecule has 0 heterocycles. The van der Waals surface area contributed by atoms with Crippen LogP contribution < -0.4 is 5.32 Å². The third-order valence-electron chi connectivity index (χ3n) is 3.10. The highest BCUT2D eigenvalue weighted by molar-refractivity contribution is 6.43. The number of nitrogens with one attached hydrogen (secondary N) is 1. The minimum atomic E-state index is -0.208. The lowest BCUT2D eigenvalue weighted by atomic mass is 10.3. The van der Waals surface area contributed by atoms with E-state index in [4.69, 9.17) is 23.2 Å². The monoisotopic (exact) mass is 345 g/mol. The number of amides is 2. The van der Waals surface area contributed by atoms with Gasteiger partial charge in [-0.2, -0.15) is 0 Å². The number of benzene rings is 1. The van der Waals surface area contributed by atoms with Crippen molar-refractivity contribution in [3.8, 4) is 0 Å². The molecule has 122 valence electrons. The topological polar surface area (TPSA) is 52.7 Å². The summed E-state index contributed by atoms with van der Waals surface area (Å²) in [6, 6.07) is 5.04. The largest absolute Gasteiger partial charge is 0.341 e. The molecule has 22 heavy (non-hydrogen) atoms. The third-order valence-corrected chi connectivity index (χ3v) is 3.92. The van der Waals surface area contributed by atoms with Gasteiger partial charge in [0.25, 0.3) is 0 Å². The average molecular weight is 346 g/mol. The van der Waals surface area contributed by atoms with Gasteiger partial charge in [0.15, 0.2) is 0 Å². The van der Waals surface area contributed by atoms with E-state index >= 15 is 0 Å². The van der Waals surface area contributed by atoms with Crippen LogP contribution in [-0.4, -0.2) is 55.3 Å². The Balaban J connectivity index is 2.53. The van der Waals surface area contributed by atoms with Gasteiger partial charge >= 0.3 is 0 Å². The van der Waals surface area contributed by atoms with E-state index in [-0.39, 0.29) is 18.2 Å². The van der Waals surface area contributed by atoms with E-state index in [1.54, 1.807) is 23.1 Å². The molecule has 0 aliphatic carbocycles. The Hall–Kier alpha value is -1.30. The Labute approximate surface area is 141 Å². The van der Waals surface area contributed by atoms with Crippen LogP contribution in [0.1, 0.15) is 13.3 Å². The molecule has 1 N–H and O–H groups in total. The Morgan fingerprint density at radius 2 is 1.82 bits per heavy atom. The first-order valence-corrected chi connectivity index (χ1v) is 7.71. The predicted molar refractivity (Wildman–Crippen MR) is 90.5 cm³/mol. The van der Waals surface area contributed by atoms with Gasteiger partial charge in [0, 0.05) is 33.0 Å². The zero-order chi connectivity index (χ0) is 16.7. The van der Waals surface area contributed by atoms with Crippen molar-refractivity contribution in [2.45, 2.75) is 13.3 Å². The van der Waals surface area contributed by atoms with E-state index in [0.717, 1.165) is 6.54 Å². The number of nitrogens with zero attached hydrogens (tertiary/aromatic N) is 2. The van der Waals surface area contributed by atoms with Gasteiger partial charge in [-0.25, -0.2) is 0 Å². The molecule has 0 aliphatic heterocycles. The lowest BCUT2D eigenvalue weighted by Gasteiger charge is -2.22. The Morgan fingerprint density at radius 1 is 1.14 bits per heavy atom. The standard InChI is InChI=1S/C15H21Cl2N3O2/c1-11(21)20(10-9-19(2)3)8-7-14(22)18-13-6-4-5-12(16)15(13)17/h4-6H,7-10H2,1-3H3,(H,18,22). The summed E-state index contributed by atoms with van der Waals surface area (Å²) < 4.78 is 0. The van der Waals surface area contributed by atoms with E-state index in [0.29, 0.717) is 28.8 Å². The van der Waals surface area contributed by atoms with Crippen LogP contribution in [0.15, 0.2) is 18.2 Å². The van der Waals surface area contributed by atoms with Crippen LogP contribution in [0.3, 0.4) is 0 Å². The van der Waals surface area contributed by atoms with Gasteiger partial charge in [-0.15, -0.1) is 0 Å². The van der Waals surface area contributed by atoms with Gasteiger partial charge in [-0.3, -0.25) is 9.59 Å². The first-order valence-electron chi connectivity index (χ1n) is 6.95. The second kappa shape index (κ2) is 8.98. The predicted octanol–water partition coefficient (Wildman–Crippen LogP) is 2.73. The molecule has 1 aromatic carbocycles. The Kier molecular flexibility index (Phi) is 7.65. The average Bonchev–Trinajstić information content (AvgIpc) is 2.43. The third kappa shape index (κ3) is 6.22. The van der Waals surface area contributed by atoms with Crippen LogP contribution in [0, 0.1) is 0 Å². The van der Waals surface area contributed by atoms with E-state index in [9.17, 15) is 9.59 Å². The minimum absolute atomic E-state index is 0.0459. The van der Waals surface area contributed by atoms with Crippen LogP contribution >= 0.6 is 23.2 Å². The number of carbonyl (C=O) groups is 2. The summed E-state index contributed by atoms with van der Waals surface area (Å²) in [6.07, 6.45) is 0.204. The van der Waals surface area contributed by atoms with Crippen LogP contribution in [-0.2, 0) is 9.59 Å². The zero-order valence-electron chi connectivity index (χ0n) is 13.0. The van der Waals surface area contributed by atoms with Crippen molar-refractivity contribution in [3.05, 3.63) is 28.2 Å². The summed E-state index contributed by atoms with van der Waals surface area (Å²) in [5, 5.41) is 3.40. The number of rotatable bonds is 7. The number of hydrogen-bond acceptors (Lipinski definition) is 3. The van der Waals surface area contributed by atoms with Crippen molar-refractivity contribution in [3.63, 3.8) is 0 Å². The summed E-state index contributed by atoms with van der Waals surface area (Å²) in [5.74, 6) is -0.254. The molecule has 1 aromatic rings. The second-order valence-corrected chi connectivity index (χ2v) is 5.99. The summed E-state index contributed by atoms with van der Waals surface area (Å²) in [6.45, 7) is 3.21. The Bertz CT molecular complexity index is 536. The van der Waals surface area contributed by atoms with Gasteiger partial charge in [0.2, 0.25) is 11.8 Å². The molecule has 2 amide bonds. The van der Waals surface area contributed by atoms with Crippen molar-refractivity contribution < 1.29 is 9.59 Å². The van der Waals surface area contributed by atoms with Crippen LogP contribution in [0.25, 0.3) is 0 Å². The summed E-state index contributed by atoms with van der Waals surface area (Å²) in [5.41, 5.74) is 0.474. The lowest BCUT2D eigenvalue weighted by Crippen LogP contribution is -2.37. The van der Waals surface area contributed by atoms with Gasteiger partial charge in [-0.05, 0) is 26.2 Å². The normalized spacial score (nSPS) is 10.6. The van der Waals surface area contributed by atoms with Gasteiger partial charge < -0.3 is 15.1 Å². The van der Waals surface area contributed by atoms with Crippen molar-refractivity contribution >= 4 is 40.7 Å². The summed E-state index contributed by atoms with van der Waals surface area (Å²) >= 11 is 11.9. The number of carbonyl (C=O) groups excluding carboxylic acids is 2. The fraction of sp³-hybridized carbons (Fsp3) is 0.467. The summed E-state index contributed by atoms with van der Waals surface area (Å²) in [7, 11) is 3.87. The number of likely N-dealkylation sites (N-methyl/N-ethyl adjacent to an activating group) is 1. The fourth-order valence-electron chi connectivity index (χ4n) is 1.80. The maximum Gasteiger partial charge on any atom is 0.226 e. The number of hydrogen-bond donors (Lipinski definition) is 1. The highest BCUT2D eigenvalue weighted by atomic mass is 35.5. The van der Waals surface area contributed by atoms with E-state index in [2.05, 4.69) is 5.32 Å². The highest BCUT2D eigenvalue weighted by Crippen LogP contribution is 2.29. The smallest absolute Gasteiger partial charge is 0.226 e. The van der Waals surface area contributed by atoms with Crippen LogP contribution in [0.5, 0.6) is 0 Å². The number of anilines is 1. The molecule has 0 aliphatic rings. The van der Waals surface area contributed by atoms with Gasteiger partial charge in [0.1, 0.15) is 0 Å². The molecule has 0 spiro atoms. The molecular formula is C15H21Cl2N3O2. The molecule has 7 heteroatoms. The highest BCUT2D eigenvalue weighted by Gasteiger charge is 2.13. The van der Waals surface area contributed by atoms with E-state index in [1.807, 2.05) is 19.0 Å². The molecule has 0 unspecified atom stereocenters. The quantitative estimate of drug-likeness (QED) is 0.826. The SMILES string of the molecule is CC(=O)N(CCC(=O)Nc1cccc(Cl)c1Cl)CCN(C)C. The van der Waals surface area contributed by atoms with Crippen LogP contribution in [0.4, 0.5) is 5.69 Å². The molecule has 0 aromatic heterocycles. The molecule has 0 radical (unpaired) electrons. The van der Waals surface area contributed by atoms with E-state index < -0.39 is 0 Å². The molecule has 5 nitrogen and oxygen atoms in total. The van der Waals surface area contributed by atoms with Crippen molar-refractivity contribution in [2.24, 2.45) is 0 Å². The molecule has 0 fully saturated rings. The molecule has 1 rings (SSSR count). The molecule has 0 saturated heterocycles. The zero-order valence-corrected chi connectivity index (χ0v) is 14.5. The van der Waals surface area contributed by atoms with Gasteiger partial charge in [0.05, 0.1) is 15.7 Å². The molecule has 0 atom stereocenters. The van der Waals surface area contributed by atoms with E-state index in [1.165, 1.54) is 6.92 Å². The molecular weight excluding hydrogens is 325 g/mol. The van der Waals surface area contributed by atoms with Crippen LogP contribution in [0.2, 0.25) is 10.0 Å². The summed E-state index contributed by atoms with van der Waals surface area (Å²) in [4.78, 5) is 27.2.